The first-order valence-electron chi connectivity index (χ1n) is 12.3. The first-order valence-corrected chi connectivity index (χ1v) is 12.3. The predicted molar refractivity (Wildman–Crippen MR) is 151 cm³/mol. The molecule has 1 aromatic rings. The lowest BCUT2D eigenvalue weighted by Crippen LogP contribution is -2.48. The Balaban J connectivity index is 1.54. The standard InChI is InChI=1S/C31H34N4O/c1-7-25-20-29(36-6)13-12-27(25)18-22(2)24(4)28-11-9-17-35(21-28)31-33-30(19-23(3)34(31)5)26-10-8-15-32-16-14-26/h1,10,12-16,18-20,28H,3-4,8-9,11,17,21H2,2,5-6H3/b22-18+. The number of ether oxygens (including phenoxy) is 1. The number of hydrogen-bond acceptors (Lipinski definition) is 5. The minimum atomic E-state index is 0.326. The molecule has 3 aliphatic rings. The Morgan fingerprint density at radius 1 is 1.33 bits per heavy atom. The van der Waals surface area contributed by atoms with Gasteiger partial charge in [-0.3, -0.25) is 4.99 Å². The van der Waals surface area contributed by atoms with Gasteiger partial charge >= 0.3 is 0 Å². The summed E-state index contributed by atoms with van der Waals surface area (Å²) in [7, 11) is 3.68. The molecule has 5 nitrogen and oxygen atoms in total. The molecule has 0 spiro atoms. The molecule has 1 saturated heterocycles. The minimum absolute atomic E-state index is 0.326. The van der Waals surface area contributed by atoms with Crippen LogP contribution < -0.4 is 4.74 Å². The van der Waals surface area contributed by atoms with E-state index in [0.29, 0.717) is 5.92 Å². The molecule has 3 aliphatic heterocycles. The molecule has 0 aliphatic carbocycles. The molecule has 1 aromatic carbocycles. The zero-order valence-electron chi connectivity index (χ0n) is 21.5. The second-order valence-corrected chi connectivity index (χ2v) is 9.27. The van der Waals surface area contributed by atoms with Gasteiger partial charge in [0.2, 0.25) is 5.96 Å². The monoisotopic (exact) mass is 478 g/mol. The maximum absolute atomic E-state index is 5.76. The number of methoxy groups -OCH3 is 1. The van der Waals surface area contributed by atoms with E-state index >= 15 is 0 Å². The van der Waals surface area contributed by atoms with Crippen LogP contribution in [-0.2, 0) is 0 Å². The van der Waals surface area contributed by atoms with Crippen LogP contribution in [-0.4, -0.2) is 49.2 Å². The lowest BCUT2D eigenvalue weighted by Gasteiger charge is -2.40. The van der Waals surface area contributed by atoms with Gasteiger partial charge in [0.15, 0.2) is 0 Å². The van der Waals surface area contributed by atoms with Crippen LogP contribution in [0.5, 0.6) is 5.75 Å². The summed E-state index contributed by atoms with van der Waals surface area (Å²) >= 11 is 0. The summed E-state index contributed by atoms with van der Waals surface area (Å²) in [5, 5.41) is 0. The number of likely N-dealkylation sites (N-methyl/N-ethyl adjacent to an activating group) is 1. The Morgan fingerprint density at radius 2 is 2.17 bits per heavy atom. The molecule has 1 fully saturated rings. The second-order valence-electron chi connectivity index (χ2n) is 9.27. The van der Waals surface area contributed by atoms with Crippen LogP contribution in [0.25, 0.3) is 6.08 Å². The van der Waals surface area contributed by atoms with Crippen molar-refractivity contribution in [2.75, 3.05) is 27.2 Å². The average Bonchev–Trinajstić information content (AvgIpc) is 3.19. The molecule has 0 aromatic heterocycles. The Hall–Kier alpha value is -4.04. The first-order chi connectivity index (χ1) is 17.4. The van der Waals surface area contributed by atoms with E-state index < -0.39 is 0 Å². The number of nitrogens with zero attached hydrogens (tertiary/aromatic N) is 4. The van der Waals surface area contributed by atoms with Gasteiger partial charge in [-0.05, 0) is 66.3 Å². The highest BCUT2D eigenvalue weighted by Crippen LogP contribution is 2.32. The van der Waals surface area contributed by atoms with E-state index in [0.717, 1.165) is 83.3 Å². The van der Waals surface area contributed by atoms with Crippen molar-refractivity contribution in [3.05, 3.63) is 95.0 Å². The van der Waals surface area contributed by atoms with Gasteiger partial charge in [-0.15, -0.1) is 6.42 Å². The van der Waals surface area contributed by atoms with Gasteiger partial charge in [0, 0.05) is 56.2 Å². The third-order valence-electron chi connectivity index (χ3n) is 6.93. The maximum atomic E-state index is 5.76. The van der Waals surface area contributed by atoms with Crippen LogP contribution in [0, 0.1) is 18.3 Å². The summed E-state index contributed by atoms with van der Waals surface area (Å²) < 4.78 is 5.32. The lowest BCUT2D eigenvalue weighted by atomic mass is 9.86. The van der Waals surface area contributed by atoms with E-state index in [9.17, 15) is 0 Å². The molecule has 184 valence electrons. The molecular formula is C31H34N4O. The smallest absolute Gasteiger partial charge is 0.206 e. The molecule has 1 atom stereocenters. The van der Waals surface area contributed by atoms with Crippen molar-refractivity contribution in [3.63, 3.8) is 0 Å². The average molecular weight is 479 g/mol. The highest BCUT2D eigenvalue weighted by molar-refractivity contribution is 5.85. The Morgan fingerprint density at radius 3 is 2.94 bits per heavy atom. The topological polar surface area (TPSA) is 40.4 Å². The summed E-state index contributed by atoms with van der Waals surface area (Å²) in [5.41, 5.74) is 7.01. The quantitative estimate of drug-likeness (QED) is 0.387. The summed E-state index contributed by atoms with van der Waals surface area (Å²) in [6.45, 7) is 12.7. The summed E-state index contributed by atoms with van der Waals surface area (Å²) in [5.74, 6) is 4.79. The molecule has 0 N–H and O–H groups in total. The van der Waals surface area contributed by atoms with Crippen LogP contribution >= 0.6 is 0 Å². The fourth-order valence-corrected chi connectivity index (χ4v) is 4.72. The van der Waals surface area contributed by atoms with Crippen LogP contribution in [0.3, 0.4) is 0 Å². The molecule has 0 bridgehead atoms. The van der Waals surface area contributed by atoms with Gasteiger partial charge in [0.05, 0.1) is 12.8 Å². The van der Waals surface area contributed by atoms with Gasteiger partial charge in [0.25, 0.3) is 0 Å². The van der Waals surface area contributed by atoms with Crippen molar-refractivity contribution >= 4 is 18.3 Å². The van der Waals surface area contributed by atoms with Crippen molar-refractivity contribution in [1.29, 1.82) is 0 Å². The Kier molecular flexibility index (Phi) is 7.75. The second kappa shape index (κ2) is 11.1. The zero-order valence-corrected chi connectivity index (χ0v) is 21.5. The number of hydrogen-bond donors (Lipinski definition) is 0. The molecule has 0 amide bonds. The predicted octanol–water partition coefficient (Wildman–Crippen LogP) is 5.96. The number of piperidine rings is 1. The SMILES string of the molecule is C#Cc1cc(OC)ccc1/C=C(\C)C(=C)C1CCCN(C2=NC(C3=CCC=NC=C3)=CC(=C)N2C)C1. The van der Waals surface area contributed by atoms with Crippen LogP contribution in [0.15, 0.2) is 93.9 Å². The van der Waals surface area contributed by atoms with E-state index in [4.69, 9.17) is 16.2 Å². The van der Waals surface area contributed by atoms with Gasteiger partial charge < -0.3 is 14.5 Å². The van der Waals surface area contributed by atoms with Crippen LogP contribution in [0.1, 0.15) is 37.3 Å². The number of benzene rings is 1. The molecule has 3 heterocycles. The van der Waals surface area contributed by atoms with E-state index in [2.05, 4.69) is 52.9 Å². The Labute approximate surface area is 215 Å². The summed E-state index contributed by atoms with van der Waals surface area (Å²) in [6, 6.07) is 5.83. The summed E-state index contributed by atoms with van der Waals surface area (Å²) in [6.07, 6.45) is 20.8. The maximum Gasteiger partial charge on any atom is 0.206 e. The molecule has 0 saturated carbocycles. The van der Waals surface area contributed by atoms with Gasteiger partial charge in [-0.25, -0.2) is 4.99 Å². The fraction of sp³-hybridized carbons (Fsp3) is 0.290. The normalized spacial score (nSPS) is 20.3. The van der Waals surface area contributed by atoms with Crippen molar-refractivity contribution in [3.8, 4) is 18.1 Å². The van der Waals surface area contributed by atoms with E-state index in [-0.39, 0.29) is 0 Å². The molecule has 36 heavy (non-hydrogen) atoms. The largest absolute Gasteiger partial charge is 0.497 e. The first kappa shape index (κ1) is 25.1. The van der Waals surface area contributed by atoms with E-state index in [1.54, 1.807) is 7.11 Å². The number of rotatable bonds is 5. The third-order valence-corrected chi connectivity index (χ3v) is 6.93. The number of allylic oxidation sites excluding steroid dienone is 4. The molecule has 0 radical (unpaired) electrons. The van der Waals surface area contributed by atoms with E-state index in [1.807, 2.05) is 49.8 Å². The molecule has 5 heteroatoms. The number of terminal acetylenes is 1. The fourth-order valence-electron chi connectivity index (χ4n) is 4.72. The van der Waals surface area contributed by atoms with Crippen molar-refractivity contribution in [2.24, 2.45) is 15.9 Å². The number of likely N-dealkylation sites (tertiary alicyclic amines) is 1. The summed E-state index contributed by atoms with van der Waals surface area (Å²) in [4.78, 5) is 13.7. The highest BCUT2D eigenvalue weighted by atomic mass is 16.5. The van der Waals surface area contributed by atoms with Gasteiger partial charge in [-0.1, -0.05) is 37.3 Å². The Bertz CT molecular complexity index is 1280. The van der Waals surface area contributed by atoms with Crippen molar-refractivity contribution < 1.29 is 4.74 Å². The molecule has 1 unspecified atom stereocenters. The third kappa shape index (κ3) is 5.44. The van der Waals surface area contributed by atoms with Gasteiger partial charge in [-0.2, -0.15) is 0 Å². The minimum Gasteiger partial charge on any atom is -0.497 e. The van der Waals surface area contributed by atoms with E-state index in [1.165, 1.54) is 0 Å². The van der Waals surface area contributed by atoms with Crippen molar-refractivity contribution in [1.82, 2.24) is 9.80 Å². The highest BCUT2D eigenvalue weighted by Gasteiger charge is 2.29. The molecule has 4 rings (SSSR count). The van der Waals surface area contributed by atoms with Gasteiger partial charge in [0.1, 0.15) is 5.75 Å². The number of guanidine groups is 1. The number of aliphatic imine (C=N–C) groups is 2. The lowest BCUT2D eigenvalue weighted by molar-refractivity contribution is 0.264. The van der Waals surface area contributed by atoms with Crippen LogP contribution in [0.4, 0.5) is 0 Å². The van der Waals surface area contributed by atoms with Crippen molar-refractivity contribution in [2.45, 2.75) is 26.2 Å². The molecular weight excluding hydrogens is 444 g/mol. The zero-order chi connectivity index (χ0) is 25.7. The van der Waals surface area contributed by atoms with Crippen LogP contribution in [0.2, 0.25) is 0 Å².